The van der Waals surface area contributed by atoms with Crippen molar-refractivity contribution in [3.05, 3.63) is 24.5 Å². The summed E-state index contributed by atoms with van der Waals surface area (Å²) in [7, 11) is 0. The Morgan fingerprint density at radius 1 is 1.25 bits per heavy atom. The smallest absolute Gasteiger partial charge is 0.0753 e. The van der Waals surface area contributed by atoms with Crippen LogP contribution in [0, 0.1) is 0 Å². The third-order valence-corrected chi connectivity index (χ3v) is 2.35. The second kappa shape index (κ2) is 3.76. The van der Waals surface area contributed by atoms with Gasteiger partial charge in [-0.25, -0.2) is 0 Å². The van der Waals surface area contributed by atoms with Gasteiger partial charge in [0.2, 0.25) is 0 Å². The van der Waals surface area contributed by atoms with E-state index in [-0.39, 0.29) is 0 Å². The maximum Gasteiger partial charge on any atom is 0.0753 e. The predicted molar refractivity (Wildman–Crippen MR) is 48.0 cm³/mol. The highest BCUT2D eigenvalue weighted by atomic mass is 16.5. The molecule has 0 saturated carbocycles. The van der Waals surface area contributed by atoms with Crippen LogP contribution in [0.3, 0.4) is 0 Å². The molecule has 0 spiro atoms. The van der Waals surface area contributed by atoms with Crippen molar-refractivity contribution in [3.8, 4) is 0 Å². The summed E-state index contributed by atoms with van der Waals surface area (Å²) in [6.45, 7) is 1.97. The van der Waals surface area contributed by atoms with E-state index in [1.54, 1.807) is 0 Å². The van der Waals surface area contributed by atoms with Crippen LogP contribution in [0.25, 0.3) is 0 Å². The molecule has 2 heterocycles. The first-order valence-corrected chi connectivity index (χ1v) is 4.67. The standard InChI is InChI=1S/C10H15NO/c1-4-8-12-10(5-1)9-11-6-2-3-7-11/h2-3,6-7,10H,1,4-5,8-9H2. The molecule has 0 bridgehead atoms. The lowest BCUT2D eigenvalue weighted by Crippen LogP contribution is -2.23. The van der Waals surface area contributed by atoms with E-state index in [1.165, 1.54) is 19.3 Å². The van der Waals surface area contributed by atoms with Crippen molar-refractivity contribution in [2.45, 2.75) is 31.9 Å². The molecule has 2 heteroatoms. The molecule has 12 heavy (non-hydrogen) atoms. The molecular formula is C10H15NO. The summed E-state index contributed by atoms with van der Waals surface area (Å²) in [5.41, 5.74) is 0. The van der Waals surface area contributed by atoms with Crippen LogP contribution in [0.15, 0.2) is 24.5 Å². The fourth-order valence-corrected chi connectivity index (χ4v) is 1.68. The average molecular weight is 165 g/mol. The summed E-state index contributed by atoms with van der Waals surface area (Å²) in [6.07, 6.45) is 8.42. The number of ether oxygens (including phenoxy) is 1. The van der Waals surface area contributed by atoms with Crippen LogP contribution < -0.4 is 0 Å². The zero-order valence-corrected chi connectivity index (χ0v) is 7.28. The van der Waals surface area contributed by atoms with E-state index in [4.69, 9.17) is 4.74 Å². The summed E-state index contributed by atoms with van der Waals surface area (Å²) in [6, 6.07) is 4.12. The molecular weight excluding hydrogens is 150 g/mol. The SMILES string of the molecule is c1ccn(CC2CCCCO2)c1. The van der Waals surface area contributed by atoms with Gasteiger partial charge in [-0.1, -0.05) is 0 Å². The molecule has 0 aromatic carbocycles. The number of hydrogen-bond acceptors (Lipinski definition) is 1. The molecule has 1 saturated heterocycles. The molecule has 0 aliphatic carbocycles. The van der Waals surface area contributed by atoms with Gasteiger partial charge in [0.25, 0.3) is 0 Å². The van der Waals surface area contributed by atoms with Crippen molar-refractivity contribution < 1.29 is 4.74 Å². The van der Waals surface area contributed by atoms with E-state index in [0.29, 0.717) is 6.10 Å². The Bertz CT molecular complexity index is 212. The van der Waals surface area contributed by atoms with Gasteiger partial charge in [-0.15, -0.1) is 0 Å². The second-order valence-corrected chi connectivity index (χ2v) is 3.37. The second-order valence-electron chi connectivity index (χ2n) is 3.37. The van der Waals surface area contributed by atoms with Crippen molar-refractivity contribution >= 4 is 0 Å². The van der Waals surface area contributed by atoms with Crippen molar-refractivity contribution in [2.75, 3.05) is 6.61 Å². The summed E-state index contributed by atoms with van der Waals surface area (Å²) in [5.74, 6) is 0. The largest absolute Gasteiger partial charge is 0.376 e. The van der Waals surface area contributed by atoms with E-state index >= 15 is 0 Å². The Morgan fingerprint density at radius 2 is 2.08 bits per heavy atom. The van der Waals surface area contributed by atoms with Gasteiger partial charge in [0.05, 0.1) is 6.10 Å². The lowest BCUT2D eigenvalue weighted by molar-refractivity contribution is 0.00605. The average Bonchev–Trinajstić information content (AvgIpc) is 2.59. The molecule has 2 rings (SSSR count). The number of rotatable bonds is 2. The highest BCUT2D eigenvalue weighted by Gasteiger charge is 2.13. The van der Waals surface area contributed by atoms with Crippen molar-refractivity contribution in [1.29, 1.82) is 0 Å². The maximum absolute atomic E-state index is 5.63. The molecule has 1 aromatic heterocycles. The Morgan fingerprint density at radius 3 is 2.75 bits per heavy atom. The van der Waals surface area contributed by atoms with Crippen LogP contribution in [0.5, 0.6) is 0 Å². The first-order valence-electron chi connectivity index (χ1n) is 4.67. The Labute approximate surface area is 73.1 Å². The predicted octanol–water partition coefficient (Wildman–Crippen LogP) is 2.06. The third-order valence-electron chi connectivity index (χ3n) is 2.35. The summed E-state index contributed by atoms with van der Waals surface area (Å²) in [4.78, 5) is 0. The van der Waals surface area contributed by atoms with Gasteiger partial charge >= 0.3 is 0 Å². The van der Waals surface area contributed by atoms with E-state index in [0.717, 1.165) is 13.2 Å². The van der Waals surface area contributed by atoms with E-state index < -0.39 is 0 Å². The fourth-order valence-electron chi connectivity index (χ4n) is 1.68. The van der Waals surface area contributed by atoms with Crippen LogP contribution in [0.4, 0.5) is 0 Å². The van der Waals surface area contributed by atoms with Crippen molar-refractivity contribution in [3.63, 3.8) is 0 Å². The fraction of sp³-hybridized carbons (Fsp3) is 0.600. The Balaban J connectivity index is 1.86. The van der Waals surface area contributed by atoms with Gasteiger partial charge in [-0.2, -0.15) is 0 Å². The van der Waals surface area contributed by atoms with E-state index in [9.17, 15) is 0 Å². The summed E-state index contributed by atoms with van der Waals surface area (Å²) < 4.78 is 7.82. The first kappa shape index (κ1) is 7.87. The zero-order chi connectivity index (χ0) is 8.23. The molecule has 1 aromatic rings. The van der Waals surface area contributed by atoms with Gasteiger partial charge in [-0.3, -0.25) is 0 Å². The molecule has 1 unspecified atom stereocenters. The van der Waals surface area contributed by atoms with Crippen LogP contribution in [0.2, 0.25) is 0 Å². The summed E-state index contributed by atoms with van der Waals surface area (Å²) >= 11 is 0. The zero-order valence-electron chi connectivity index (χ0n) is 7.28. The van der Waals surface area contributed by atoms with Gasteiger partial charge in [0.15, 0.2) is 0 Å². The number of aromatic nitrogens is 1. The van der Waals surface area contributed by atoms with Gasteiger partial charge in [0, 0.05) is 25.5 Å². The normalized spacial score (nSPS) is 24.2. The van der Waals surface area contributed by atoms with Crippen LogP contribution in [-0.2, 0) is 11.3 Å². The van der Waals surface area contributed by atoms with Crippen LogP contribution >= 0.6 is 0 Å². The quantitative estimate of drug-likeness (QED) is 0.654. The van der Waals surface area contributed by atoms with Crippen LogP contribution in [0.1, 0.15) is 19.3 Å². The van der Waals surface area contributed by atoms with Crippen molar-refractivity contribution in [1.82, 2.24) is 4.57 Å². The molecule has 1 atom stereocenters. The molecule has 0 radical (unpaired) electrons. The monoisotopic (exact) mass is 165 g/mol. The molecule has 1 aliphatic rings. The van der Waals surface area contributed by atoms with E-state index in [2.05, 4.69) is 29.1 Å². The maximum atomic E-state index is 5.63. The van der Waals surface area contributed by atoms with E-state index in [1.807, 2.05) is 0 Å². The summed E-state index contributed by atoms with van der Waals surface area (Å²) in [5, 5.41) is 0. The molecule has 1 aliphatic heterocycles. The minimum Gasteiger partial charge on any atom is -0.376 e. The Hall–Kier alpha value is -0.760. The molecule has 66 valence electrons. The highest BCUT2D eigenvalue weighted by molar-refractivity contribution is 4.90. The molecule has 0 amide bonds. The molecule has 1 fully saturated rings. The van der Waals surface area contributed by atoms with Gasteiger partial charge < -0.3 is 9.30 Å². The lowest BCUT2D eigenvalue weighted by atomic mass is 10.1. The third kappa shape index (κ3) is 1.89. The number of hydrogen-bond donors (Lipinski definition) is 0. The first-order chi connectivity index (χ1) is 5.95. The van der Waals surface area contributed by atoms with Crippen molar-refractivity contribution in [2.24, 2.45) is 0 Å². The number of nitrogens with zero attached hydrogens (tertiary/aromatic N) is 1. The minimum absolute atomic E-state index is 0.450. The minimum atomic E-state index is 0.450. The molecule has 0 N–H and O–H groups in total. The molecule has 2 nitrogen and oxygen atoms in total. The Kier molecular flexibility index (Phi) is 2.47. The van der Waals surface area contributed by atoms with Gasteiger partial charge in [0.1, 0.15) is 0 Å². The lowest BCUT2D eigenvalue weighted by Gasteiger charge is -2.22. The van der Waals surface area contributed by atoms with Crippen LogP contribution in [-0.4, -0.2) is 17.3 Å². The van der Waals surface area contributed by atoms with Gasteiger partial charge in [-0.05, 0) is 31.4 Å². The topological polar surface area (TPSA) is 14.2 Å². The highest BCUT2D eigenvalue weighted by Crippen LogP contribution is 2.14.